The van der Waals surface area contributed by atoms with Gasteiger partial charge in [-0.15, -0.1) is 0 Å². The molecule has 20 heavy (non-hydrogen) atoms. The standard InChI is InChI=1S/C16H22FN3/c17-14-8-4-3-7-12(14)13-11-15(13)19-16(18)20-9-5-1-2-6-10-20/h3-4,7-8,13,15H,1-2,5-6,9-11H2,(H2,18,19)/t13-,15+/m0/s1. The van der Waals surface area contributed by atoms with Crippen molar-refractivity contribution in [3.63, 3.8) is 0 Å². The first-order valence-electron chi connectivity index (χ1n) is 7.58. The minimum atomic E-state index is -0.122. The molecule has 1 aliphatic heterocycles. The summed E-state index contributed by atoms with van der Waals surface area (Å²) in [4.78, 5) is 6.79. The van der Waals surface area contributed by atoms with Crippen molar-refractivity contribution in [3.05, 3.63) is 35.6 Å². The molecule has 0 bridgehead atoms. The SMILES string of the molecule is NC(=N[C@@H]1C[C@H]1c1ccccc1F)N1CCCCCC1. The molecular weight excluding hydrogens is 253 g/mol. The maximum atomic E-state index is 13.7. The van der Waals surface area contributed by atoms with E-state index in [0.29, 0.717) is 5.96 Å². The number of guanidine groups is 1. The molecule has 1 heterocycles. The molecule has 1 aliphatic carbocycles. The van der Waals surface area contributed by atoms with Gasteiger partial charge in [-0.2, -0.15) is 0 Å². The maximum absolute atomic E-state index is 13.7. The quantitative estimate of drug-likeness (QED) is 0.666. The Morgan fingerprint density at radius 2 is 1.85 bits per heavy atom. The van der Waals surface area contributed by atoms with E-state index < -0.39 is 0 Å². The van der Waals surface area contributed by atoms with Crippen LogP contribution >= 0.6 is 0 Å². The van der Waals surface area contributed by atoms with Gasteiger partial charge in [0.25, 0.3) is 0 Å². The van der Waals surface area contributed by atoms with E-state index in [1.54, 1.807) is 6.07 Å². The second-order valence-electron chi connectivity index (χ2n) is 5.82. The van der Waals surface area contributed by atoms with Crippen LogP contribution in [0.4, 0.5) is 4.39 Å². The Morgan fingerprint density at radius 1 is 1.15 bits per heavy atom. The van der Waals surface area contributed by atoms with Crippen LogP contribution in [-0.4, -0.2) is 30.0 Å². The summed E-state index contributed by atoms with van der Waals surface area (Å²) in [6.45, 7) is 2.01. The average molecular weight is 275 g/mol. The van der Waals surface area contributed by atoms with Gasteiger partial charge in [0, 0.05) is 19.0 Å². The second kappa shape index (κ2) is 5.81. The van der Waals surface area contributed by atoms with Gasteiger partial charge in [-0.3, -0.25) is 0 Å². The molecule has 0 amide bonds. The number of hydrogen-bond acceptors (Lipinski definition) is 1. The number of halogens is 1. The van der Waals surface area contributed by atoms with Crippen molar-refractivity contribution in [2.75, 3.05) is 13.1 Å². The Balaban J connectivity index is 1.64. The first kappa shape index (κ1) is 13.4. The lowest BCUT2D eigenvalue weighted by Gasteiger charge is -2.21. The van der Waals surface area contributed by atoms with Crippen LogP contribution < -0.4 is 5.73 Å². The van der Waals surface area contributed by atoms with Gasteiger partial charge >= 0.3 is 0 Å². The van der Waals surface area contributed by atoms with Crippen LogP contribution in [0.2, 0.25) is 0 Å². The van der Waals surface area contributed by atoms with Gasteiger partial charge in [-0.05, 0) is 30.9 Å². The van der Waals surface area contributed by atoms with Crippen molar-refractivity contribution in [1.82, 2.24) is 4.90 Å². The predicted octanol–water partition coefficient (Wildman–Crippen LogP) is 2.87. The zero-order valence-corrected chi connectivity index (χ0v) is 11.8. The van der Waals surface area contributed by atoms with Gasteiger partial charge in [0.1, 0.15) is 5.82 Å². The summed E-state index contributed by atoms with van der Waals surface area (Å²) < 4.78 is 13.7. The molecule has 1 saturated carbocycles. The number of hydrogen-bond donors (Lipinski definition) is 1. The molecule has 0 radical (unpaired) electrons. The number of nitrogens with zero attached hydrogens (tertiary/aromatic N) is 2. The fourth-order valence-electron chi connectivity index (χ4n) is 2.99. The fourth-order valence-corrected chi connectivity index (χ4v) is 2.99. The van der Waals surface area contributed by atoms with E-state index in [-0.39, 0.29) is 17.8 Å². The number of aliphatic imine (C=N–C) groups is 1. The van der Waals surface area contributed by atoms with Gasteiger partial charge in [0.15, 0.2) is 5.96 Å². The zero-order valence-electron chi connectivity index (χ0n) is 11.8. The molecule has 4 heteroatoms. The summed E-state index contributed by atoms with van der Waals surface area (Å²) in [5.74, 6) is 0.737. The van der Waals surface area contributed by atoms with Crippen LogP contribution in [0.25, 0.3) is 0 Å². The van der Waals surface area contributed by atoms with Crippen molar-refractivity contribution in [2.24, 2.45) is 10.7 Å². The van der Waals surface area contributed by atoms with E-state index in [1.165, 1.54) is 31.7 Å². The fraction of sp³-hybridized carbons (Fsp3) is 0.562. The van der Waals surface area contributed by atoms with Crippen LogP contribution in [0, 0.1) is 5.82 Å². The average Bonchev–Trinajstić information content (AvgIpc) is 3.22. The highest BCUT2D eigenvalue weighted by Crippen LogP contribution is 2.44. The summed E-state index contributed by atoms with van der Waals surface area (Å²) in [5.41, 5.74) is 6.90. The summed E-state index contributed by atoms with van der Waals surface area (Å²) in [6, 6.07) is 7.15. The molecule has 108 valence electrons. The van der Waals surface area contributed by atoms with E-state index in [9.17, 15) is 4.39 Å². The Bertz CT molecular complexity index is 492. The minimum absolute atomic E-state index is 0.122. The summed E-state index contributed by atoms with van der Waals surface area (Å²) in [7, 11) is 0. The van der Waals surface area contributed by atoms with Gasteiger partial charge < -0.3 is 10.6 Å². The van der Waals surface area contributed by atoms with Crippen molar-refractivity contribution in [3.8, 4) is 0 Å². The Kier molecular flexibility index (Phi) is 3.90. The van der Waals surface area contributed by atoms with Crippen LogP contribution in [0.1, 0.15) is 43.6 Å². The lowest BCUT2D eigenvalue weighted by molar-refractivity contribution is 0.428. The number of benzene rings is 1. The zero-order chi connectivity index (χ0) is 13.9. The molecule has 2 aliphatic rings. The van der Waals surface area contributed by atoms with E-state index in [1.807, 2.05) is 12.1 Å². The van der Waals surface area contributed by atoms with Crippen LogP contribution in [0.3, 0.4) is 0 Å². The van der Waals surface area contributed by atoms with Gasteiger partial charge in [0.05, 0.1) is 6.04 Å². The lowest BCUT2D eigenvalue weighted by atomic mass is 10.1. The number of rotatable bonds is 2. The van der Waals surface area contributed by atoms with E-state index >= 15 is 0 Å². The third-order valence-corrected chi connectivity index (χ3v) is 4.29. The number of likely N-dealkylation sites (tertiary alicyclic amines) is 1. The summed E-state index contributed by atoms with van der Waals surface area (Å²) in [5, 5.41) is 0. The molecule has 2 fully saturated rings. The molecule has 1 aromatic rings. The largest absolute Gasteiger partial charge is 0.370 e. The van der Waals surface area contributed by atoms with E-state index in [4.69, 9.17) is 5.73 Å². The molecule has 1 saturated heterocycles. The Morgan fingerprint density at radius 3 is 2.55 bits per heavy atom. The Hall–Kier alpha value is -1.58. The topological polar surface area (TPSA) is 41.6 Å². The molecule has 0 spiro atoms. The first-order valence-corrected chi connectivity index (χ1v) is 7.58. The first-order chi connectivity index (χ1) is 9.75. The number of nitrogens with two attached hydrogens (primary N) is 1. The van der Waals surface area contributed by atoms with Crippen molar-refractivity contribution in [2.45, 2.75) is 44.1 Å². The van der Waals surface area contributed by atoms with Crippen molar-refractivity contribution >= 4 is 5.96 Å². The van der Waals surface area contributed by atoms with E-state index in [0.717, 1.165) is 25.1 Å². The van der Waals surface area contributed by atoms with Gasteiger partial charge in [-0.1, -0.05) is 31.0 Å². The Labute approximate surface area is 119 Å². The third-order valence-electron chi connectivity index (χ3n) is 4.29. The lowest BCUT2D eigenvalue weighted by Crippen LogP contribution is -2.38. The summed E-state index contributed by atoms with van der Waals surface area (Å²) >= 11 is 0. The highest BCUT2D eigenvalue weighted by Gasteiger charge is 2.40. The highest BCUT2D eigenvalue weighted by atomic mass is 19.1. The minimum Gasteiger partial charge on any atom is -0.370 e. The second-order valence-corrected chi connectivity index (χ2v) is 5.82. The molecule has 1 aromatic carbocycles. The molecule has 0 aromatic heterocycles. The normalized spacial score (nSPS) is 27.2. The maximum Gasteiger partial charge on any atom is 0.191 e. The predicted molar refractivity (Wildman–Crippen MR) is 79.2 cm³/mol. The molecular formula is C16H22FN3. The smallest absolute Gasteiger partial charge is 0.191 e. The molecule has 2 atom stereocenters. The van der Waals surface area contributed by atoms with Crippen molar-refractivity contribution in [1.29, 1.82) is 0 Å². The van der Waals surface area contributed by atoms with Crippen LogP contribution in [0.15, 0.2) is 29.3 Å². The monoisotopic (exact) mass is 275 g/mol. The van der Waals surface area contributed by atoms with Gasteiger partial charge in [-0.25, -0.2) is 9.38 Å². The van der Waals surface area contributed by atoms with Crippen LogP contribution in [0.5, 0.6) is 0 Å². The van der Waals surface area contributed by atoms with E-state index in [2.05, 4.69) is 9.89 Å². The molecule has 0 unspecified atom stereocenters. The van der Waals surface area contributed by atoms with Gasteiger partial charge in [0.2, 0.25) is 0 Å². The van der Waals surface area contributed by atoms with Crippen molar-refractivity contribution < 1.29 is 4.39 Å². The molecule has 2 N–H and O–H groups in total. The molecule has 3 nitrogen and oxygen atoms in total. The van der Waals surface area contributed by atoms with Crippen LogP contribution in [-0.2, 0) is 0 Å². The third kappa shape index (κ3) is 2.94. The molecule has 3 rings (SSSR count). The summed E-state index contributed by atoms with van der Waals surface area (Å²) in [6.07, 6.45) is 5.86. The highest BCUT2D eigenvalue weighted by molar-refractivity contribution is 5.78.